The van der Waals surface area contributed by atoms with Crippen LogP contribution in [0.1, 0.15) is 6.92 Å². The number of hydrogen-bond donors (Lipinski definition) is 0. The molecule has 66 valence electrons. The average Bonchev–Trinajstić information content (AvgIpc) is 2.52. The van der Waals surface area contributed by atoms with Crippen molar-refractivity contribution in [2.45, 2.75) is 6.92 Å². The molecule has 1 aliphatic rings. The third-order valence-corrected chi connectivity index (χ3v) is 1.28. The van der Waals surface area contributed by atoms with Crippen LogP contribution in [0.5, 0.6) is 11.5 Å². The smallest absolute Gasteiger partial charge is 0.231 e. The zero-order chi connectivity index (χ0) is 8.81. The maximum absolute atomic E-state index is 5.08. The summed E-state index contributed by atoms with van der Waals surface area (Å²) in [6.07, 6.45) is 0. The Morgan fingerprint density at radius 1 is 1.25 bits per heavy atom. The zero-order valence-electron chi connectivity index (χ0n) is 6.92. The predicted molar refractivity (Wildman–Crippen MR) is 52.0 cm³/mol. The monoisotopic (exact) mass is 230 g/mol. The summed E-state index contributed by atoms with van der Waals surface area (Å²) in [4.78, 5) is 0. The van der Waals surface area contributed by atoms with Gasteiger partial charge in [0.1, 0.15) is 0 Å². The Morgan fingerprint density at radius 3 is 2.08 bits per heavy atom. The lowest BCUT2D eigenvalue weighted by atomic mass is 10.3. The van der Waals surface area contributed by atoms with Crippen LogP contribution in [0.15, 0.2) is 24.3 Å². The maximum atomic E-state index is 5.08. The number of alkyl halides is 1. The standard InChI is InChI=1S/C7H6O2.C2H5Br/c1-2-4-7-6(3-1)8-5-9-7;1-2-3/h1-4H,5H2;2H2,1H3. The lowest BCUT2D eigenvalue weighted by Gasteiger charge is -1.89. The minimum absolute atomic E-state index is 0.360. The first-order valence-corrected chi connectivity index (χ1v) is 4.91. The lowest BCUT2D eigenvalue weighted by Crippen LogP contribution is -1.92. The molecule has 0 N–H and O–H groups in total. The third-order valence-electron chi connectivity index (χ3n) is 1.28. The molecule has 1 aromatic rings. The van der Waals surface area contributed by atoms with E-state index in [1.165, 1.54) is 0 Å². The van der Waals surface area contributed by atoms with E-state index in [1.54, 1.807) is 0 Å². The molecule has 0 radical (unpaired) electrons. The molecule has 1 heterocycles. The van der Waals surface area contributed by atoms with E-state index in [0.717, 1.165) is 16.8 Å². The second kappa shape index (κ2) is 5.04. The fourth-order valence-electron chi connectivity index (χ4n) is 0.845. The summed E-state index contributed by atoms with van der Waals surface area (Å²) in [6.45, 7) is 2.40. The molecule has 0 aliphatic carbocycles. The fourth-order valence-corrected chi connectivity index (χ4v) is 0.845. The van der Waals surface area contributed by atoms with Gasteiger partial charge in [-0.3, -0.25) is 0 Å². The SMILES string of the molecule is CCBr.c1ccc2c(c1)OCO2. The molecule has 0 spiro atoms. The van der Waals surface area contributed by atoms with Crippen molar-refractivity contribution in [1.82, 2.24) is 0 Å². The highest BCUT2D eigenvalue weighted by atomic mass is 79.9. The van der Waals surface area contributed by atoms with Crippen LogP contribution >= 0.6 is 15.9 Å². The predicted octanol–water partition coefficient (Wildman–Crippen LogP) is 2.82. The van der Waals surface area contributed by atoms with E-state index in [9.17, 15) is 0 Å². The summed E-state index contributed by atoms with van der Waals surface area (Å²) in [5, 5.41) is 1.06. The van der Waals surface area contributed by atoms with Crippen molar-refractivity contribution in [2.75, 3.05) is 12.1 Å². The van der Waals surface area contributed by atoms with Crippen LogP contribution in [0.2, 0.25) is 0 Å². The first kappa shape index (κ1) is 9.39. The van der Waals surface area contributed by atoms with Gasteiger partial charge in [-0.2, -0.15) is 0 Å². The van der Waals surface area contributed by atoms with E-state index < -0.39 is 0 Å². The molecule has 0 saturated carbocycles. The number of halogens is 1. The Bertz CT molecular complexity index is 215. The molecule has 0 amide bonds. The van der Waals surface area contributed by atoms with E-state index in [1.807, 2.05) is 31.2 Å². The van der Waals surface area contributed by atoms with Crippen LogP contribution in [0.3, 0.4) is 0 Å². The van der Waals surface area contributed by atoms with Gasteiger partial charge in [0.15, 0.2) is 11.5 Å². The maximum Gasteiger partial charge on any atom is 0.231 e. The van der Waals surface area contributed by atoms with Gasteiger partial charge in [0, 0.05) is 5.33 Å². The number of benzene rings is 1. The van der Waals surface area contributed by atoms with E-state index in [4.69, 9.17) is 9.47 Å². The van der Waals surface area contributed by atoms with E-state index in [0.29, 0.717) is 6.79 Å². The van der Waals surface area contributed by atoms with Gasteiger partial charge in [-0.25, -0.2) is 0 Å². The van der Waals surface area contributed by atoms with Crippen LogP contribution in [-0.2, 0) is 0 Å². The van der Waals surface area contributed by atoms with Crippen molar-refractivity contribution in [1.29, 1.82) is 0 Å². The lowest BCUT2D eigenvalue weighted by molar-refractivity contribution is 0.174. The van der Waals surface area contributed by atoms with Gasteiger partial charge in [-0.15, -0.1) is 0 Å². The van der Waals surface area contributed by atoms with Crippen molar-refractivity contribution in [3.8, 4) is 11.5 Å². The topological polar surface area (TPSA) is 18.5 Å². The van der Waals surface area contributed by atoms with Crippen molar-refractivity contribution < 1.29 is 9.47 Å². The Morgan fingerprint density at radius 2 is 1.67 bits per heavy atom. The Hall–Kier alpha value is -0.700. The number of fused-ring (bicyclic) bond motifs is 1. The van der Waals surface area contributed by atoms with Gasteiger partial charge in [0.25, 0.3) is 0 Å². The minimum atomic E-state index is 0.360. The summed E-state index contributed by atoms with van der Waals surface area (Å²) in [5.41, 5.74) is 0. The molecular formula is C9H11BrO2. The Balaban J connectivity index is 0.000000213. The van der Waals surface area contributed by atoms with E-state index in [-0.39, 0.29) is 0 Å². The number of ether oxygens (including phenoxy) is 2. The number of hydrogen-bond acceptors (Lipinski definition) is 2. The molecule has 12 heavy (non-hydrogen) atoms. The van der Waals surface area contributed by atoms with Gasteiger partial charge in [-0.05, 0) is 12.1 Å². The molecule has 0 unspecified atom stereocenters. The quantitative estimate of drug-likeness (QED) is 0.639. The Labute approximate surface area is 80.6 Å². The van der Waals surface area contributed by atoms with Crippen molar-refractivity contribution in [3.05, 3.63) is 24.3 Å². The fraction of sp³-hybridized carbons (Fsp3) is 0.333. The van der Waals surface area contributed by atoms with Gasteiger partial charge < -0.3 is 9.47 Å². The van der Waals surface area contributed by atoms with Crippen LogP contribution in [-0.4, -0.2) is 12.1 Å². The second-order valence-electron chi connectivity index (χ2n) is 2.12. The van der Waals surface area contributed by atoms with Crippen LogP contribution in [0, 0.1) is 0 Å². The highest BCUT2D eigenvalue weighted by molar-refractivity contribution is 9.09. The van der Waals surface area contributed by atoms with E-state index >= 15 is 0 Å². The zero-order valence-corrected chi connectivity index (χ0v) is 8.50. The van der Waals surface area contributed by atoms with E-state index in [2.05, 4.69) is 15.9 Å². The molecule has 1 aromatic carbocycles. The molecule has 0 saturated heterocycles. The van der Waals surface area contributed by atoms with Crippen molar-refractivity contribution >= 4 is 15.9 Å². The summed E-state index contributed by atoms with van der Waals surface area (Å²) >= 11 is 3.15. The molecule has 2 rings (SSSR count). The van der Waals surface area contributed by atoms with Crippen LogP contribution < -0.4 is 9.47 Å². The number of para-hydroxylation sites is 2. The third kappa shape index (κ3) is 2.41. The highest BCUT2D eigenvalue weighted by Crippen LogP contribution is 2.30. The average molecular weight is 231 g/mol. The molecule has 1 aliphatic heterocycles. The minimum Gasteiger partial charge on any atom is -0.454 e. The summed E-state index contributed by atoms with van der Waals surface area (Å²) in [7, 11) is 0. The molecule has 0 bridgehead atoms. The van der Waals surface area contributed by atoms with Crippen LogP contribution in [0.4, 0.5) is 0 Å². The van der Waals surface area contributed by atoms with Crippen molar-refractivity contribution in [3.63, 3.8) is 0 Å². The van der Waals surface area contributed by atoms with Gasteiger partial charge in [-0.1, -0.05) is 35.0 Å². The molecule has 0 fully saturated rings. The molecule has 3 heteroatoms. The molecule has 0 aromatic heterocycles. The first-order chi connectivity index (χ1) is 5.88. The largest absolute Gasteiger partial charge is 0.454 e. The molecular weight excluding hydrogens is 220 g/mol. The Kier molecular flexibility index (Phi) is 3.94. The van der Waals surface area contributed by atoms with Gasteiger partial charge in [0.2, 0.25) is 6.79 Å². The van der Waals surface area contributed by atoms with Crippen LogP contribution in [0.25, 0.3) is 0 Å². The first-order valence-electron chi connectivity index (χ1n) is 3.79. The summed E-state index contributed by atoms with van der Waals surface area (Å²) < 4.78 is 10.2. The summed E-state index contributed by atoms with van der Waals surface area (Å²) in [6, 6.07) is 7.63. The van der Waals surface area contributed by atoms with Gasteiger partial charge >= 0.3 is 0 Å². The van der Waals surface area contributed by atoms with Crippen molar-refractivity contribution in [2.24, 2.45) is 0 Å². The summed E-state index contributed by atoms with van der Waals surface area (Å²) in [5.74, 6) is 1.69. The highest BCUT2D eigenvalue weighted by Gasteiger charge is 2.09. The number of rotatable bonds is 0. The molecule has 0 atom stereocenters. The molecule has 2 nitrogen and oxygen atoms in total. The normalized spacial score (nSPS) is 11.8. The second-order valence-corrected chi connectivity index (χ2v) is 3.24. The van der Waals surface area contributed by atoms with Gasteiger partial charge in [0.05, 0.1) is 0 Å².